The monoisotopic (exact) mass is 158 g/mol. The summed E-state index contributed by atoms with van der Waals surface area (Å²) in [5.41, 5.74) is 0. The largest absolute Gasteiger partial charge is 0.455 e. The van der Waals surface area contributed by atoms with Gasteiger partial charge in [-0.05, 0) is 0 Å². The lowest BCUT2D eigenvalue weighted by Crippen LogP contribution is -2.41. The Bertz CT molecular complexity index is 239. The molecule has 7 heteroatoms. The van der Waals surface area contributed by atoms with E-state index in [2.05, 4.69) is 5.10 Å². The lowest BCUT2D eigenvalue weighted by molar-refractivity contribution is -0.209. The van der Waals surface area contributed by atoms with Gasteiger partial charge < -0.3 is 9.84 Å². The third-order valence-electron chi connectivity index (χ3n) is 1.46. The van der Waals surface area contributed by atoms with E-state index in [0.29, 0.717) is 5.17 Å². The zero-order valence-electron chi connectivity index (χ0n) is 5.43. The molecule has 1 saturated heterocycles. The Morgan fingerprint density at radius 2 is 2.45 bits per heavy atom. The van der Waals surface area contributed by atoms with E-state index in [1.807, 2.05) is 0 Å². The maximum atomic E-state index is 9.10. The molecule has 0 amide bonds. The number of aliphatic hydroxyl groups excluding tert-OH is 1. The van der Waals surface area contributed by atoms with Crippen LogP contribution in [0.15, 0.2) is 5.10 Å². The Labute approximate surface area is 61.5 Å². The lowest BCUT2D eigenvalue weighted by Gasteiger charge is -2.16. The highest BCUT2D eigenvalue weighted by atomic mass is 16.6. The fourth-order valence-electron chi connectivity index (χ4n) is 0.945. The highest BCUT2D eigenvalue weighted by molar-refractivity contribution is 6.02. The summed E-state index contributed by atoms with van der Waals surface area (Å²) in [4.78, 5) is 1.08. The van der Waals surface area contributed by atoms with Crippen LogP contribution in [0.4, 0.5) is 0 Å². The van der Waals surface area contributed by atoms with Crippen LogP contribution in [0.1, 0.15) is 0 Å². The SMILES string of the molecule is N=C1COC2=NN(O)C(O)N12. The standard InChI is InChI=1S/C4H6N4O3/c5-2-1-11-3-6-8(10)4(9)7(2)3/h4-5,9-10H,1H2. The van der Waals surface area contributed by atoms with Gasteiger partial charge in [0.25, 0.3) is 6.35 Å². The Morgan fingerprint density at radius 1 is 1.73 bits per heavy atom. The van der Waals surface area contributed by atoms with Crippen LogP contribution in [0, 0.1) is 5.41 Å². The third kappa shape index (κ3) is 0.686. The molecule has 1 unspecified atom stereocenters. The number of ether oxygens (including phenoxy) is 1. The van der Waals surface area contributed by atoms with Crippen molar-refractivity contribution in [1.82, 2.24) is 10.1 Å². The minimum atomic E-state index is -1.32. The summed E-state index contributed by atoms with van der Waals surface area (Å²) >= 11 is 0. The van der Waals surface area contributed by atoms with Crippen LogP contribution in [0.2, 0.25) is 0 Å². The van der Waals surface area contributed by atoms with Crippen molar-refractivity contribution >= 4 is 11.9 Å². The van der Waals surface area contributed by atoms with Crippen molar-refractivity contribution in [2.75, 3.05) is 6.61 Å². The van der Waals surface area contributed by atoms with Crippen molar-refractivity contribution in [2.24, 2.45) is 5.10 Å². The Morgan fingerprint density at radius 3 is 3.09 bits per heavy atom. The fourth-order valence-corrected chi connectivity index (χ4v) is 0.945. The van der Waals surface area contributed by atoms with Crippen LogP contribution in [0.3, 0.4) is 0 Å². The van der Waals surface area contributed by atoms with E-state index in [1.165, 1.54) is 0 Å². The number of hydroxylamine groups is 1. The van der Waals surface area contributed by atoms with Crippen LogP contribution in [-0.2, 0) is 4.74 Å². The predicted octanol–water partition coefficient (Wildman–Crippen LogP) is -1.45. The molecule has 0 aromatic heterocycles. The molecule has 2 aliphatic rings. The van der Waals surface area contributed by atoms with Gasteiger partial charge in [0, 0.05) is 0 Å². The summed E-state index contributed by atoms with van der Waals surface area (Å²) in [6.07, 6.45) is -1.32. The van der Waals surface area contributed by atoms with Crippen LogP contribution in [0.5, 0.6) is 0 Å². The van der Waals surface area contributed by atoms with Gasteiger partial charge in [0.05, 0.1) is 0 Å². The van der Waals surface area contributed by atoms with Crippen LogP contribution in [0.25, 0.3) is 0 Å². The number of hydrogen-bond acceptors (Lipinski definition) is 6. The van der Waals surface area contributed by atoms with Gasteiger partial charge >= 0.3 is 6.02 Å². The smallest absolute Gasteiger partial charge is 0.321 e. The number of amidine groups is 2. The molecule has 1 atom stereocenters. The number of hydrogen-bond donors (Lipinski definition) is 3. The van der Waals surface area contributed by atoms with E-state index in [0.717, 1.165) is 4.90 Å². The second kappa shape index (κ2) is 1.83. The molecule has 7 nitrogen and oxygen atoms in total. The van der Waals surface area contributed by atoms with Crippen molar-refractivity contribution in [3.05, 3.63) is 0 Å². The second-order valence-corrected chi connectivity index (χ2v) is 2.15. The fraction of sp³-hybridized carbons (Fsp3) is 0.500. The highest BCUT2D eigenvalue weighted by Gasteiger charge is 2.40. The van der Waals surface area contributed by atoms with E-state index in [9.17, 15) is 0 Å². The average Bonchev–Trinajstić information content (AvgIpc) is 2.41. The van der Waals surface area contributed by atoms with Gasteiger partial charge in [-0.1, -0.05) is 5.10 Å². The van der Waals surface area contributed by atoms with Gasteiger partial charge in [-0.3, -0.25) is 10.6 Å². The summed E-state index contributed by atoms with van der Waals surface area (Å²) < 4.78 is 4.82. The van der Waals surface area contributed by atoms with Gasteiger partial charge in [-0.2, -0.15) is 0 Å². The summed E-state index contributed by atoms with van der Waals surface area (Å²) in [5.74, 6) is 0.0767. The van der Waals surface area contributed by atoms with E-state index < -0.39 is 6.35 Å². The topological polar surface area (TPSA) is 92.4 Å². The molecule has 0 aromatic carbocycles. The van der Waals surface area contributed by atoms with Crippen molar-refractivity contribution in [1.29, 1.82) is 5.41 Å². The minimum Gasteiger partial charge on any atom is -0.455 e. The first-order valence-corrected chi connectivity index (χ1v) is 2.94. The Balaban J connectivity index is 2.31. The molecule has 0 saturated carbocycles. The molecule has 0 radical (unpaired) electrons. The molecule has 11 heavy (non-hydrogen) atoms. The van der Waals surface area contributed by atoms with Crippen LogP contribution < -0.4 is 0 Å². The third-order valence-corrected chi connectivity index (χ3v) is 1.46. The number of aliphatic hydroxyl groups is 1. The molecule has 0 spiro atoms. The Kier molecular flexibility index (Phi) is 1.06. The normalized spacial score (nSPS) is 28.7. The number of hydrazone groups is 1. The van der Waals surface area contributed by atoms with Crippen molar-refractivity contribution in [3.63, 3.8) is 0 Å². The summed E-state index contributed by atoms with van der Waals surface area (Å²) in [5, 5.41) is 28.9. The van der Waals surface area contributed by atoms with Gasteiger partial charge in [0.15, 0.2) is 0 Å². The van der Waals surface area contributed by atoms with Crippen molar-refractivity contribution in [2.45, 2.75) is 6.35 Å². The molecular formula is C4H6N4O3. The van der Waals surface area contributed by atoms with Crippen molar-refractivity contribution in [3.8, 4) is 0 Å². The molecule has 0 aliphatic carbocycles. The van der Waals surface area contributed by atoms with E-state index in [1.54, 1.807) is 0 Å². The lowest BCUT2D eigenvalue weighted by atomic mass is 10.6. The first kappa shape index (κ1) is 6.38. The molecule has 0 bridgehead atoms. The molecule has 3 N–H and O–H groups in total. The molecule has 60 valence electrons. The van der Waals surface area contributed by atoms with E-state index in [4.69, 9.17) is 20.5 Å². The zero-order valence-corrected chi connectivity index (χ0v) is 5.43. The highest BCUT2D eigenvalue weighted by Crippen LogP contribution is 2.17. The van der Waals surface area contributed by atoms with Crippen LogP contribution >= 0.6 is 0 Å². The molecular weight excluding hydrogens is 152 g/mol. The number of nitrogens with one attached hydrogen (secondary N) is 1. The predicted molar refractivity (Wildman–Crippen MR) is 32.6 cm³/mol. The number of rotatable bonds is 0. The minimum absolute atomic E-state index is 0.0602. The van der Waals surface area contributed by atoms with Gasteiger partial charge in [-0.25, -0.2) is 4.90 Å². The molecule has 2 rings (SSSR count). The zero-order chi connectivity index (χ0) is 8.01. The Hall–Kier alpha value is -1.34. The maximum absolute atomic E-state index is 9.10. The maximum Gasteiger partial charge on any atom is 0.321 e. The first-order valence-electron chi connectivity index (χ1n) is 2.94. The van der Waals surface area contributed by atoms with Crippen LogP contribution in [-0.4, -0.2) is 45.2 Å². The van der Waals surface area contributed by atoms with Crippen molar-refractivity contribution < 1.29 is 15.1 Å². The first-order chi connectivity index (χ1) is 5.20. The summed E-state index contributed by atoms with van der Waals surface area (Å²) in [7, 11) is 0. The number of nitrogens with zero attached hydrogens (tertiary/aromatic N) is 3. The summed E-state index contributed by atoms with van der Waals surface area (Å²) in [6, 6.07) is 0.0602. The molecule has 2 heterocycles. The number of fused-ring (bicyclic) bond motifs is 1. The molecule has 2 aliphatic heterocycles. The van der Waals surface area contributed by atoms with Gasteiger partial charge in [0.2, 0.25) is 0 Å². The van der Waals surface area contributed by atoms with E-state index in [-0.39, 0.29) is 18.5 Å². The second-order valence-electron chi connectivity index (χ2n) is 2.15. The summed E-state index contributed by atoms with van der Waals surface area (Å²) in [6.45, 7) is 0.0870. The molecule has 0 aromatic rings. The quantitative estimate of drug-likeness (QED) is 0.401. The molecule has 1 fully saturated rings. The van der Waals surface area contributed by atoms with E-state index >= 15 is 0 Å². The van der Waals surface area contributed by atoms with Gasteiger partial charge in [-0.15, -0.1) is 5.17 Å². The van der Waals surface area contributed by atoms with Gasteiger partial charge in [0.1, 0.15) is 12.4 Å². The average molecular weight is 158 g/mol.